The number of rotatable bonds is 10. The highest BCUT2D eigenvalue weighted by Gasteiger charge is 2.22. The van der Waals surface area contributed by atoms with Gasteiger partial charge in [0.1, 0.15) is 11.2 Å². The van der Waals surface area contributed by atoms with Crippen molar-refractivity contribution in [2.75, 3.05) is 39.3 Å². The smallest absolute Gasteiger partial charge is 0.410 e. The van der Waals surface area contributed by atoms with Gasteiger partial charge in [-0.15, -0.1) is 0 Å². The predicted octanol–water partition coefficient (Wildman–Crippen LogP) is 8.31. The van der Waals surface area contributed by atoms with Crippen LogP contribution in [0.2, 0.25) is 0 Å². The number of hydrogen-bond acceptors (Lipinski definition) is 5. The fraction of sp³-hybridized carbons (Fsp3) is 0.938. The number of alkyl carbamates (subject to hydrolysis) is 1. The van der Waals surface area contributed by atoms with Gasteiger partial charge < -0.3 is 24.6 Å². The molecule has 7 nitrogen and oxygen atoms in total. The molecule has 7 heteroatoms. The van der Waals surface area contributed by atoms with Crippen molar-refractivity contribution >= 4 is 12.2 Å². The van der Waals surface area contributed by atoms with Crippen LogP contribution in [-0.4, -0.2) is 72.5 Å². The predicted molar refractivity (Wildman–Crippen MR) is 162 cm³/mol. The molecule has 0 aromatic rings. The maximum absolute atomic E-state index is 12.9. The van der Waals surface area contributed by atoms with Gasteiger partial charge in [0.2, 0.25) is 0 Å². The molecule has 0 spiro atoms. The molecule has 1 N–H and O–H groups in total. The van der Waals surface area contributed by atoms with E-state index in [0.717, 1.165) is 32.2 Å². The van der Waals surface area contributed by atoms with Crippen LogP contribution in [0.25, 0.3) is 0 Å². The van der Waals surface area contributed by atoms with E-state index >= 15 is 0 Å². The van der Waals surface area contributed by atoms with E-state index in [1.165, 1.54) is 90.1 Å². The Morgan fingerprint density at radius 3 is 1.54 bits per heavy atom. The van der Waals surface area contributed by atoms with E-state index in [9.17, 15) is 9.59 Å². The molecule has 39 heavy (non-hydrogen) atoms. The fourth-order valence-corrected chi connectivity index (χ4v) is 4.97. The summed E-state index contributed by atoms with van der Waals surface area (Å²) in [5.41, 5.74) is -1.01. The standard InChI is InChI=1S/C32H63N3O4/c1-31(2,3)38-29(36)33-23-17-20-27-35(30(37)39-32(4,5)6)28-22-21-26-34-24-18-15-13-11-9-7-8-10-12-14-16-19-25-34/h7-28H2,1-6H3,(H,33,36). The molecule has 1 saturated heterocycles. The monoisotopic (exact) mass is 553 g/mol. The average Bonchev–Trinajstić information content (AvgIpc) is 2.83. The zero-order valence-corrected chi connectivity index (χ0v) is 26.6. The Morgan fingerprint density at radius 2 is 1.08 bits per heavy atom. The van der Waals surface area contributed by atoms with E-state index in [1.807, 2.05) is 46.4 Å². The molecule has 0 unspecified atom stereocenters. The van der Waals surface area contributed by atoms with Crippen LogP contribution in [-0.2, 0) is 9.47 Å². The third kappa shape index (κ3) is 21.9. The van der Waals surface area contributed by atoms with Crippen molar-refractivity contribution in [3.05, 3.63) is 0 Å². The van der Waals surface area contributed by atoms with Gasteiger partial charge in [-0.25, -0.2) is 9.59 Å². The van der Waals surface area contributed by atoms with Crippen molar-refractivity contribution < 1.29 is 19.1 Å². The number of hydrogen-bond donors (Lipinski definition) is 1. The van der Waals surface area contributed by atoms with Crippen molar-refractivity contribution in [3.63, 3.8) is 0 Å². The Balaban J connectivity index is 2.46. The summed E-state index contributed by atoms with van der Waals surface area (Å²) in [7, 11) is 0. The van der Waals surface area contributed by atoms with Gasteiger partial charge in [-0.3, -0.25) is 0 Å². The molecule has 0 radical (unpaired) electrons. The summed E-state index contributed by atoms with van der Waals surface area (Å²) in [6.07, 6.45) is 19.6. The molecule has 0 aliphatic carbocycles. The first-order chi connectivity index (χ1) is 18.5. The van der Waals surface area contributed by atoms with Crippen molar-refractivity contribution in [1.82, 2.24) is 15.1 Å². The van der Waals surface area contributed by atoms with E-state index in [0.29, 0.717) is 19.6 Å². The Labute approximate surface area is 241 Å². The molecule has 0 atom stereocenters. The van der Waals surface area contributed by atoms with Crippen LogP contribution in [0.15, 0.2) is 0 Å². The summed E-state index contributed by atoms with van der Waals surface area (Å²) >= 11 is 0. The zero-order chi connectivity index (χ0) is 29.0. The Hall–Kier alpha value is -1.50. The number of carbonyl (C=O) groups excluding carboxylic acids is 2. The van der Waals surface area contributed by atoms with Crippen LogP contribution < -0.4 is 5.32 Å². The lowest BCUT2D eigenvalue weighted by Crippen LogP contribution is -2.38. The summed E-state index contributed by atoms with van der Waals surface area (Å²) in [6.45, 7) is 16.7. The number of unbranched alkanes of at least 4 members (excludes halogenated alkanes) is 2. The Bertz CT molecular complexity index is 626. The van der Waals surface area contributed by atoms with E-state index < -0.39 is 17.3 Å². The zero-order valence-electron chi connectivity index (χ0n) is 26.6. The molecular formula is C32H63N3O4. The fourth-order valence-electron chi connectivity index (χ4n) is 4.97. The lowest BCUT2D eigenvalue weighted by Gasteiger charge is -2.28. The van der Waals surface area contributed by atoms with Crippen LogP contribution >= 0.6 is 0 Å². The van der Waals surface area contributed by atoms with Gasteiger partial charge in [-0.1, -0.05) is 64.2 Å². The molecule has 1 rings (SSSR count). The van der Waals surface area contributed by atoms with E-state index in [4.69, 9.17) is 9.47 Å². The second-order valence-corrected chi connectivity index (χ2v) is 13.4. The van der Waals surface area contributed by atoms with E-state index in [-0.39, 0.29) is 6.09 Å². The number of carbonyl (C=O) groups is 2. The van der Waals surface area contributed by atoms with Crippen LogP contribution in [0.3, 0.4) is 0 Å². The number of amides is 2. The van der Waals surface area contributed by atoms with Gasteiger partial charge in [0.25, 0.3) is 0 Å². The van der Waals surface area contributed by atoms with Gasteiger partial charge in [-0.05, 0) is 99.7 Å². The van der Waals surface area contributed by atoms with Crippen LogP contribution in [0.5, 0.6) is 0 Å². The molecule has 1 heterocycles. The van der Waals surface area contributed by atoms with Crippen LogP contribution in [0.1, 0.15) is 144 Å². The maximum atomic E-state index is 12.9. The minimum Gasteiger partial charge on any atom is -0.444 e. The highest BCUT2D eigenvalue weighted by atomic mass is 16.6. The third-order valence-electron chi connectivity index (χ3n) is 7.03. The van der Waals surface area contributed by atoms with Gasteiger partial charge in [0.15, 0.2) is 0 Å². The topological polar surface area (TPSA) is 71.1 Å². The quantitative estimate of drug-likeness (QED) is 0.275. The maximum Gasteiger partial charge on any atom is 0.410 e. The normalized spacial score (nSPS) is 17.5. The summed E-state index contributed by atoms with van der Waals surface area (Å²) in [4.78, 5) is 29.3. The molecule has 1 aliphatic heterocycles. The Morgan fingerprint density at radius 1 is 0.641 bits per heavy atom. The lowest BCUT2D eigenvalue weighted by atomic mass is 10.1. The van der Waals surface area contributed by atoms with Crippen molar-refractivity contribution in [1.29, 1.82) is 0 Å². The molecular weight excluding hydrogens is 490 g/mol. The van der Waals surface area contributed by atoms with Gasteiger partial charge in [0.05, 0.1) is 0 Å². The van der Waals surface area contributed by atoms with E-state index in [1.54, 1.807) is 0 Å². The summed E-state index contributed by atoms with van der Waals surface area (Å²) < 4.78 is 11.0. The molecule has 0 aromatic heterocycles. The summed E-state index contributed by atoms with van der Waals surface area (Å²) in [5.74, 6) is 0. The van der Waals surface area contributed by atoms with Crippen molar-refractivity contribution in [2.24, 2.45) is 0 Å². The third-order valence-corrected chi connectivity index (χ3v) is 7.03. The molecule has 0 saturated carbocycles. The van der Waals surface area contributed by atoms with Crippen LogP contribution in [0.4, 0.5) is 9.59 Å². The Kier molecular flexibility index (Phi) is 18.6. The molecule has 0 bridgehead atoms. The summed E-state index contributed by atoms with van der Waals surface area (Å²) in [6, 6.07) is 0. The minimum atomic E-state index is -0.510. The summed E-state index contributed by atoms with van der Waals surface area (Å²) in [5, 5.41) is 2.80. The molecule has 230 valence electrons. The average molecular weight is 554 g/mol. The largest absolute Gasteiger partial charge is 0.444 e. The first-order valence-corrected chi connectivity index (χ1v) is 16.1. The first-order valence-electron chi connectivity index (χ1n) is 16.1. The highest BCUT2D eigenvalue weighted by Crippen LogP contribution is 2.15. The number of nitrogens with one attached hydrogen (secondary N) is 1. The van der Waals surface area contributed by atoms with Crippen molar-refractivity contribution in [3.8, 4) is 0 Å². The van der Waals surface area contributed by atoms with E-state index in [2.05, 4.69) is 10.2 Å². The first kappa shape index (κ1) is 35.5. The minimum absolute atomic E-state index is 0.239. The highest BCUT2D eigenvalue weighted by molar-refractivity contribution is 5.68. The molecule has 0 aromatic carbocycles. The van der Waals surface area contributed by atoms with Gasteiger partial charge in [-0.2, -0.15) is 0 Å². The van der Waals surface area contributed by atoms with Crippen LogP contribution in [0, 0.1) is 0 Å². The second-order valence-electron chi connectivity index (χ2n) is 13.4. The lowest BCUT2D eigenvalue weighted by molar-refractivity contribution is 0.0240. The SMILES string of the molecule is CC(C)(C)OC(=O)NCCCCN(CCCCN1CCCCCCCCCCCCCC1)C(=O)OC(C)(C)C. The molecule has 1 fully saturated rings. The molecule has 2 amide bonds. The molecule has 1 aliphatic rings. The van der Waals surface area contributed by atoms with Gasteiger partial charge >= 0.3 is 12.2 Å². The second kappa shape index (κ2) is 20.4. The number of nitrogens with zero attached hydrogens (tertiary/aromatic N) is 2. The number of ether oxygens (including phenoxy) is 2. The van der Waals surface area contributed by atoms with Crippen molar-refractivity contribution in [2.45, 2.75) is 155 Å². The van der Waals surface area contributed by atoms with Gasteiger partial charge in [0, 0.05) is 19.6 Å².